The van der Waals surface area contributed by atoms with E-state index in [1.54, 1.807) is 17.8 Å². The van der Waals surface area contributed by atoms with Gasteiger partial charge in [0.1, 0.15) is 17.9 Å². The summed E-state index contributed by atoms with van der Waals surface area (Å²) in [7, 11) is 1.62. The molecule has 0 N–H and O–H groups in total. The average Bonchev–Trinajstić information content (AvgIpc) is 3.32. The van der Waals surface area contributed by atoms with Crippen LogP contribution in [0.15, 0.2) is 61.1 Å². The number of hydrogen-bond donors (Lipinski definition) is 0. The van der Waals surface area contributed by atoms with Gasteiger partial charge in [-0.05, 0) is 42.0 Å². The summed E-state index contributed by atoms with van der Waals surface area (Å²) in [5, 5.41) is 4.38. The fourth-order valence-corrected chi connectivity index (χ4v) is 4.08. The standard InChI is InChI=1S/C23H21F3N6O/c1-33-19-8-2-16(3-9-19)20-14-27-22-28-15-29-32(22)21(20)31-12-10-30(11-13-31)18-6-4-17(5-7-18)23(24,25)26/h2-9,14-15H,10-13H2,1H3. The molecule has 0 atom stereocenters. The fourth-order valence-electron chi connectivity index (χ4n) is 4.08. The molecule has 2 aromatic carbocycles. The van der Waals surface area contributed by atoms with Crippen molar-refractivity contribution >= 4 is 17.3 Å². The van der Waals surface area contributed by atoms with E-state index in [0.717, 1.165) is 40.5 Å². The lowest BCUT2D eigenvalue weighted by atomic mass is 10.1. The third-order valence-electron chi connectivity index (χ3n) is 5.82. The van der Waals surface area contributed by atoms with E-state index in [2.05, 4.69) is 24.9 Å². The molecule has 1 aliphatic heterocycles. The van der Waals surface area contributed by atoms with Crippen LogP contribution in [0.1, 0.15) is 5.56 Å². The highest BCUT2D eigenvalue weighted by Crippen LogP contribution is 2.33. The van der Waals surface area contributed by atoms with Crippen LogP contribution in [-0.4, -0.2) is 52.9 Å². The average molecular weight is 454 g/mol. The highest BCUT2D eigenvalue weighted by atomic mass is 19.4. The molecule has 0 bridgehead atoms. The second kappa shape index (κ2) is 8.27. The van der Waals surface area contributed by atoms with Gasteiger partial charge in [-0.3, -0.25) is 0 Å². The quantitative estimate of drug-likeness (QED) is 0.462. The predicted octanol–water partition coefficient (Wildman–Crippen LogP) is 4.15. The molecule has 0 aliphatic carbocycles. The number of ether oxygens (including phenoxy) is 1. The lowest BCUT2D eigenvalue weighted by Gasteiger charge is -2.38. The van der Waals surface area contributed by atoms with E-state index in [9.17, 15) is 13.2 Å². The molecule has 0 spiro atoms. The first-order chi connectivity index (χ1) is 15.9. The van der Waals surface area contributed by atoms with Gasteiger partial charge in [-0.15, -0.1) is 0 Å². The van der Waals surface area contributed by atoms with Gasteiger partial charge in [0.2, 0.25) is 0 Å². The molecule has 0 amide bonds. The van der Waals surface area contributed by atoms with Crippen molar-refractivity contribution in [2.75, 3.05) is 43.1 Å². The molecule has 170 valence electrons. The van der Waals surface area contributed by atoms with Gasteiger partial charge in [0, 0.05) is 43.6 Å². The number of alkyl halides is 3. The van der Waals surface area contributed by atoms with Crippen LogP contribution in [0.3, 0.4) is 0 Å². The lowest BCUT2D eigenvalue weighted by molar-refractivity contribution is -0.137. The normalized spacial score (nSPS) is 14.7. The number of piperazine rings is 1. The molecule has 0 unspecified atom stereocenters. The SMILES string of the molecule is COc1ccc(-c2cnc3ncnn3c2N2CCN(c3ccc(C(F)(F)F)cc3)CC2)cc1. The van der Waals surface area contributed by atoms with Crippen LogP contribution in [0.2, 0.25) is 0 Å². The molecular weight excluding hydrogens is 433 g/mol. The minimum atomic E-state index is -4.33. The summed E-state index contributed by atoms with van der Waals surface area (Å²) in [6.45, 7) is 2.66. The molecule has 0 saturated carbocycles. The Kier molecular flexibility index (Phi) is 5.27. The second-order valence-electron chi connectivity index (χ2n) is 7.71. The Morgan fingerprint density at radius 3 is 2.15 bits per heavy atom. The van der Waals surface area contributed by atoms with Crippen LogP contribution in [-0.2, 0) is 6.18 Å². The molecular formula is C23H21F3N6O. The Balaban J connectivity index is 1.41. The van der Waals surface area contributed by atoms with Crippen LogP contribution < -0.4 is 14.5 Å². The van der Waals surface area contributed by atoms with E-state index in [4.69, 9.17) is 4.74 Å². The van der Waals surface area contributed by atoms with Crippen molar-refractivity contribution in [3.63, 3.8) is 0 Å². The Morgan fingerprint density at radius 1 is 0.848 bits per heavy atom. The topological polar surface area (TPSA) is 58.8 Å². The number of benzene rings is 2. The van der Waals surface area contributed by atoms with Crippen molar-refractivity contribution in [2.45, 2.75) is 6.18 Å². The number of methoxy groups -OCH3 is 1. The number of aromatic nitrogens is 4. The fraction of sp³-hybridized carbons (Fsp3) is 0.261. The molecule has 0 radical (unpaired) electrons. The number of hydrogen-bond acceptors (Lipinski definition) is 6. The van der Waals surface area contributed by atoms with E-state index in [0.29, 0.717) is 32.0 Å². The molecule has 1 aliphatic rings. The Bertz CT molecular complexity index is 1250. The minimum absolute atomic E-state index is 0.507. The van der Waals surface area contributed by atoms with Crippen LogP contribution in [0.5, 0.6) is 5.75 Å². The summed E-state index contributed by atoms with van der Waals surface area (Å²) < 4.78 is 45.6. The first kappa shape index (κ1) is 21.0. The van der Waals surface area contributed by atoms with Crippen molar-refractivity contribution in [3.05, 3.63) is 66.6 Å². The molecule has 5 rings (SSSR count). The van der Waals surface area contributed by atoms with Gasteiger partial charge in [-0.1, -0.05) is 12.1 Å². The molecule has 2 aromatic heterocycles. The zero-order valence-electron chi connectivity index (χ0n) is 17.8. The largest absolute Gasteiger partial charge is 0.497 e. The third kappa shape index (κ3) is 4.04. The maximum Gasteiger partial charge on any atom is 0.416 e. The molecule has 1 fully saturated rings. The third-order valence-corrected chi connectivity index (χ3v) is 5.82. The molecule has 7 nitrogen and oxygen atoms in total. The van der Waals surface area contributed by atoms with Gasteiger partial charge in [0.15, 0.2) is 0 Å². The molecule has 10 heteroatoms. The van der Waals surface area contributed by atoms with Crippen LogP contribution >= 0.6 is 0 Å². The highest BCUT2D eigenvalue weighted by Gasteiger charge is 2.30. The molecule has 1 saturated heterocycles. The number of rotatable bonds is 4. The van der Waals surface area contributed by atoms with Crippen molar-refractivity contribution in [3.8, 4) is 16.9 Å². The summed E-state index contributed by atoms with van der Waals surface area (Å²) >= 11 is 0. The second-order valence-corrected chi connectivity index (χ2v) is 7.71. The van der Waals surface area contributed by atoms with E-state index in [1.165, 1.54) is 18.5 Å². The van der Waals surface area contributed by atoms with Gasteiger partial charge >= 0.3 is 6.18 Å². The van der Waals surface area contributed by atoms with Crippen molar-refractivity contribution in [1.29, 1.82) is 0 Å². The first-order valence-corrected chi connectivity index (χ1v) is 10.4. The maximum absolute atomic E-state index is 12.9. The van der Waals surface area contributed by atoms with Gasteiger partial charge in [-0.2, -0.15) is 27.8 Å². The zero-order chi connectivity index (χ0) is 23.0. The number of anilines is 2. The highest BCUT2D eigenvalue weighted by molar-refractivity contribution is 5.77. The zero-order valence-corrected chi connectivity index (χ0v) is 17.8. The van der Waals surface area contributed by atoms with E-state index in [1.807, 2.05) is 24.3 Å². The van der Waals surface area contributed by atoms with Gasteiger partial charge in [-0.25, -0.2) is 4.98 Å². The summed E-state index contributed by atoms with van der Waals surface area (Å²) in [5.41, 5.74) is 2.03. The van der Waals surface area contributed by atoms with Crippen LogP contribution in [0.4, 0.5) is 24.7 Å². The Labute approximate surface area is 188 Å². The van der Waals surface area contributed by atoms with Gasteiger partial charge < -0.3 is 14.5 Å². The van der Waals surface area contributed by atoms with E-state index >= 15 is 0 Å². The van der Waals surface area contributed by atoms with E-state index in [-0.39, 0.29) is 0 Å². The molecule has 4 aromatic rings. The summed E-state index contributed by atoms with van der Waals surface area (Å²) in [4.78, 5) is 13.0. The number of halogens is 3. The smallest absolute Gasteiger partial charge is 0.416 e. The Morgan fingerprint density at radius 2 is 1.52 bits per heavy atom. The van der Waals surface area contributed by atoms with Gasteiger partial charge in [0.25, 0.3) is 5.78 Å². The van der Waals surface area contributed by atoms with Crippen LogP contribution in [0.25, 0.3) is 16.9 Å². The van der Waals surface area contributed by atoms with Crippen molar-refractivity contribution in [2.24, 2.45) is 0 Å². The number of nitrogens with zero attached hydrogens (tertiary/aromatic N) is 6. The predicted molar refractivity (Wildman–Crippen MR) is 119 cm³/mol. The monoisotopic (exact) mass is 454 g/mol. The van der Waals surface area contributed by atoms with E-state index < -0.39 is 11.7 Å². The molecule has 33 heavy (non-hydrogen) atoms. The van der Waals surface area contributed by atoms with Gasteiger partial charge in [0.05, 0.1) is 12.7 Å². The summed E-state index contributed by atoms with van der Waals surface area (Å²) in [5.74, 6) is 2.16. The minimum Gasteiger partial charge on any atom is -0.497 e. The lowest BCUT2D eigenvalue weighted by Crippen LogP contribution is -2.47. The summed E-state index contributed by atoms with van der Waals surface area (Å²) in [6, 6.07) is 13.1. The van der Waals surface area contributed by atoms with Crippen molar-refractivity contribution in [1.82, 2.24) is 19.6 Å². The first-order valence-electron chi connectivity index (χ1n) is 10.4. The summed E-state index contributed by atoms with van der Waals surface area (Å²) in [6.07, 6.45) is -1.06. The number of fused-ring (bicyclic) bond motifs is 1. The molecule has 3 heterocycles. The Hall–Kier alpha value is -3.82. The van der Waals surface area contributed by atoms with Crippen LogP contribution in [0, 0.1) is 0 Å². The van der Waals surface area contributed by atoms with Crippen molar-refractivity contribution < 1.29 is 17.9 Å². The maximum atomic E-state index is 12.9.